The number of hydrogen-bond donors (Lipinski definition) is 3. The number of rotatable bonds is 6. The first-order valence-corrected chi connectivity index (χ1v) is 10.1. The zero-order chi connectivity index (χ0) is 19.2. The van der Waals surface area contributed by atoms with E-state index in [1.807, 2.05) is 28.6 Å². The van der Waals surface area contributed by atoms with E-state index in [9.17, 15) is 9.00 Å². The van der Waals surface area contributed by atoms with Crippen LogP contribution in [0.1, 0.15) is 40.7 Å². The van der Waals surface area contributed by atoms with Gasteiger partial charge in [-0.05, 0) is 48.7 Å². The molecule has 2 aromatic rings. The van der Waals surface area contributed by atoms with Crippen molar-refractivity contribution in [2.24, 2.45) is 0 Å². The Morgan fingerprint density at radius 3 is 2.52 bits per heavy atom. The highest BCUT2D eigenvalue weighted by Crippen LogP contribution is 2.18. The Kier molecular flexibility index (Phi) is 6.36. The molecule has 1 heterocycles. The molecular formula is C20H24N4O2S. The Morgan fingerprint density at radius 2 is 1.85 bits per heavy atom. The third-order valence-electron chi connectivity index (χ3n) is 4.63. The molecule has 1 fully saturated rings. The Balaban J connectivity index is 1.59. The van der Waals surface area contributed by atoms with Crippen LogP contribution < -0.4 is 11.1 Å². The molecule has 1 atom stereocenters. The van der Waals surface area contributed by atoms with E-state index in [4.69, 9.17) is 11.1 Å². The summed E-state index contributed by atoms with van der Waals surface area (Å²) in [6.07, 6.45) is 4.54. The van der Waals surface area contributed by atoms with Gasteiger partial charge in [0, 0.05) is 42.7 Å². The minimum atomic E-state index is -1.11. The average Bonchev–Trinajstić information content (AvgIpc) is 2.73. The number of benzene rings is 2. The van der Waals surface area contributed by atoms with Crippen molar-refractivity contribution in [2.75, 3.05) is 18.8 Å². The van der Waals surface area contributed by atoms with Crippen LogP contribution in [0.3, 0.4) is 0 Å². The van der Waals surface area contributed by atoms with Crippen LogP contribution in [0.5, 0.6) is 0 Å². The average molecular weight is 385 g/mol. The van der Waals surface area contributed by atoms with Crippen LogP contribution in [0.25, 0.3) is 0 Å². The molecule has 142 valence electrons. The summed E-state index contributed by atoms with van der Waals surface area (Å²) < 4.78 is 14.6. The summed E-state index contributed by atoms with van der Waals surface area (Å²) in [5.41, 5.74) is 8.14. The number of anilines is 1. The minimum Gasteiger partial charge on any atom is -0.398 e. The standard InChI is InChI=1S/C20H24N4O2S/c21-13-17-12-16(6-9-19(17)22)20(25)23-14-15-4-7-18(8-5-15)27(26)24-10-2-1-3-11-24/h4-9,12-13,21H,1-3,10-11,14,22H2,(H,23,25). The minimum absolute atomic E-state index is 0.223. The highest BCUT2D eigenvalue weighted by Gasteiger charge is 2.17. The molecule has 27 heavy (non-hydrogen) atoms. The van der Waals surface area contributed by atoms with E-state index >= 15 is 0 Å². The molecule has 0 aliphatic carbocycles. The lowest BCUT2D eigenvalue weighted by atomic mass is 10.1. The summed E-state index contributed by atoms with van der Waals surface area (Å²) >= 11 is 0. The van der Waals surface area contributed by atoms with Crippen LogP contribution in [-0.2, 0) is 17.5 Å². The molecule has 7 heteroatoms. The van der Waals surface area contributed by atoms with E-state index in [2.05, 4.69) is 5.32 Å². The van der Waals surface area contributed by atoms with Crippen molar-refractivity contribution in [3.05, 3.63) is 59.2 Å². The molecule has 3 rings (SSSR count). The van der Waals surface area contributed by atoms with Gasteiger partial charge < -0.3 is 16.5 Å². The summed E-state index contributed by atoms with van der Waals surface area (Å²) in [4.78, 5) is 13.1. The number of amides is 1. The molecule has 1 unspecified atom stereocenters. The number of nitrogens with two attached hydrogens (primary N) is 1. The third kappa shape index (κ3) is 4.81. The maximum atomic E-state index is 12.6. The molecule has 0 radical (unpaired) electrons. The molecule has 0 aromatic heterocycles. The molecule has 1 aliphatic rings. The molecule has 0 saturated carbocycles. The number of nitrogens with one attached hydrogen (secondary N) is 2. The molecule has 1 aliphatic heterocycles. The number of piperidine rings is 1. The van der Waals surface area contributed by atoms with Crippen molar-refractivity contribution in [3.8, 4) is 0 Å². The van der Waals surface area contributed by atoms with Gasteiger partial charge in [-0.25, -0.2) is 8.51 Å². The molecule has 6 nitrogen and oxygen atoms in total. The second kappa shape index (κ2) is 8.92. The van der Waals surface area contributed by atoms with E-state index < -0.39 is 11.0 Å². The number of nitrogen functional groups attached to an aromatic ring is 1. The Morgan fingerprint density at radius 1 is 1.15 bits per heavy atom. The van der Waals surface area contributed by atoms with Crippen LogP contribution in [-0.4, -0.2) is 33.7 Å². The van der Waals surface area contributed by atoms with Gasteiger partial charge >= 0.3 is 0 Å². The molecule has 4 N–H and O–H groups in total. The number of nitrogens with zero attached hydrogens (tertiary/aromatic N) is 1. The van der Waals surface area contributed by atoms with Crippen LogP contribution in [0, 0.1) is 5.41 Å². The van der Waals surface area contributed by atoms with Gasteiger partial charge in [-0.3, -0.25) is 4.79 Å². The summed E-state index contributed by atoms with van der Waals surface area (Å²) in [6.45, 7) is 2.13. The Hall–Kier alpha value is -2.51. The van der Waals surface area contributed by atoms with E-state index in [1.165, 1.54) is 6.42 Å². The van der Waals surface area contributed by atoms with Crippen molar-refractivity contribution in [1.82, 2.24) is 9.62 Å². The Labute approximate surface area is 161 Å². The largest absolute Gasteiger partial charge is 0.398 e. The van der Waals surface area contributed by atoms with Crippen molar-refractivity contribution >= 4 is 28.8 Å². The van der Waals surface area contributed by atoms with Crippen LogP contribution in [0.15, 0.2) is 47.4 Å². The second-order valence-corrected chi connectivity index (χ2v) is 8.04. The van der Waals surface area contributed by atoms with Gasteiger partial charge in [0.05, 0.1) is 4.90 Å². The Bertz CT molecular complexity index is 846. The third-order valence-corrected chi connectivity index (χ3v) is 6.14. The lowest BCUT2D eigenvalue weighted by molar-refractivity contribution is 0.0951. The van der Waals surface area contributed by atoms with Gasteiger partial charge in [-0.1, -0.05) is 18.6 Å². The predicted molar refractivity (Wildman–Crippen MR) is 108 cm³/mol. The van der Waals surface area contributed by atoms with E-state index in [0.29, 0.717) is 23.4 Å². The highest BCUT2D eigenvalue weighted by molar-refractivity contribution is 7.82. The number of carbonyl (C=O) groups is 1. The summed E-state index contributed by atoms with van der Waals surface area (Å²) in [5, 5.41) is 10.2. The monoisotopic (exact) mass is 384 g/mol. The van der Waals surface area contributed by atoms with Crippen molar-refractivity contribution in [1.29, 1.82) is 5.41 Å². The maximum Gasteiger partial charge on any atom is 0.251 e. The quantitative estimate of drug-likeness (QED) is 0.527. The van der Waals surface area contributed by atoms with Crippen molar-refractivity contribution < 1.29 is 9.00 Å². The maximum absolute atomic E-state index is 12.6. The van der Waals surface area contributed by atoms with Crippen molar-refractivity contribution in [2.45, 2.75) is 30.7 Å². The highest BCUT2D eigenvalue weighted by atomic mass is 32.2. The van der Waals surface area contributed by atoms with Crippen LogP contribution in [0.2, 0.25) is 0 Å². The first-order chi connectivity index (χ1) is 13.1. The topological polar surface area (TPSA) is 99.3 Å². The predicted octanol–water partition coefficient (Wildman–Crippen LogP) is 2.70. The first kappa shape index (κ1) is 19.3. The fourth-order valence-corrected chi connectivity index (χ4v) is 4.29. The second-order valence-electron chi connectivity index (χ2n) is 6.55. The van der Waals surface area contributed by atoms with Gasteiger partial charge in [0.1, 0.15) is 11.0 Å². The zero-order valence-electron chi connectivity index (χ0n) is 15.1. The van der Waals surface area contributed by atoms with Crippen LogP contribution >= 0.6 is 0 Å². The fraction of sp³-hybridized carbons (Fsp3) is 0.300. The first-order valence-electron chi connectivity index (χ1n) is 9.02. The van der Waals surface area contributed by atoms with Gasteiger partial charge in [0.25, 0.3) is 5.91 Å². The van der Waals surface area contributed by atoms with Gasteiger partial charge in [0.2, 0.25) is 0 Å². The molecule has 1 saturated heterocycles. The molecule has 1 amide bonds. The van der Waals surface area contributed by atoms with Gasteiger partial charge in [0.15, 0.2) is 0 Å². The van der Waals surface area contributed by atoms with Gasteiger partial charge in [-0.2, -0.15) is 0 Å². The van der Waals surface area contributed by atoms with E-state index in [0.717, 1.165) is 42.6 Å². The van der Waals surface area contributed by atoms with Gasteiger partial charge in [-0.15, -0.1) is 0 Å². The smallest absolute Gasteiger partial charge is 0.251 e. The molecule has 0 bridgehead atoms. The number of carbonyl (C=O) groups excluding carboxylic acids is 1. The number of hydrogen-bond acceptors (Lipinski definition) is 4. The van der Waals surface area contributed by atoms with Crippen LogP contribution in [0.4, 0.5) is 5.69 Å². The van der Waals surface area contributed by atoms with E-state index in [1.54, 1.807) is 18.2 Å². The molecule has 2 aromatic carbocycles. The molecular weight excluding hydrogens is 360 g/mol. The summed E-state index contributed by atoms with van der Waals surface area (Å²) in [5.74, 6) is -0.223. The molecule has 0 spiro atoms. The summed E-state index contributed by atoms with van der Waals surface area (Å²) in [7, 11) is -1.11. The van der Waals surface area contributed by atoms with E-state index in [-0.39, 0.29) is 5.91 Å². The zero-order valence-corrected chi connectivity index (χ0v) is 15.9. The normalized spacial score (nSPS) is 15.9. The van der Waals surface area contributed by atoms with Crippen molar-refractivity contribution in [3.63, 3.8) is 0 Å². The lowest BCUT2D eigenvalue weighted by Gasteiger charge is -2.25. The SMILES string of the molecule is N=Cc1cc(C(=O)NCc2ccc(S(=O)N3CCCCC3)cc2)ccc1N. The fourth-order valence-electron chi connectivity index (χ4n) is 3.03. The summed E-state index contributed by atoms with van der Waals surface area (Å²) in [6, 6.07) is 12.4. The lowest BCUT2D eigenvalue weighted by Crippen LogP contribution is -2.31.